The van der Waals surface area contributed by atoms with Crippen LogP contribution in [-0.4, -0.2) is 46.7 Å². The summed E-state index contributed by atoms with van der Waals surface area (Å²) in [5.41, 5.74) is 0.410. The highest BCUT2D eigenvalue weighted by molar-refractivity contribution is 6.00. The molecule has 0 saturated carbocycles. The quantitative estimate of drug-likeness (QED) is 0.729. The number of carbonyl (C=O) groups excluding carboxylic acids is 2. The maximum Gasteiger partial charge on any atom is 0.273 e. The van der Waals surface area contributed by atoms with Gasteiger partial charge in [-0.3, -0.25) is 14.6 Å². The molecule has 0 bridgehead atoms. The van der Waals surface area contributed by atoms with E-state index in [1.54, 1.807) is 29.3 Å². The topological polar surface area (TPSA) is 62.3 Å². The minimum Gasteiger partial charge on any atom is -0.325 e. The van der Waals surface area contributed by atoms with Crippen LogP contribution in [0.15, 0.2) is 24.4 Å². The highest BCUT2D eigenvalue weighted by Crippen LogP contribution is 2.24. The van der Waals surface area contributed by atoms with E-state index in [4.69, 9.17) is 0 Å². The lowest BCUT2D eigenvalue weighted by atomic mass is 10.1. The summed E-state index contributed by atoms with van der Waals surface area (Å²) < 4.78 is 0. The average Bonchev–Trinajstić information content (AvgIpc) is 2.94. The number of hydrogen-bond donors (Lipinski definition) is 1. The Bertz CT molecular complexity index is 460. The first kappa shape index (κ1) is 10.4. The lowest BCUT2D eigenvalue weighted by molar-refractivity contribution is -0.118. The van der Waals surface area contributed by atoms with Crippen molar-refractivity contribution in [2.75, 3.05) is 13.1 Å². The van der Waals surface area contributed by atoms with Gasteiger partial charge in [-0.25, -0.2) is 0 Å². The van der Waals surface area contributed by atoms with Crippen LogP contribution in [0, 0.1) is 0 Å². The third-order valence-electron chi connectivity index (χ3n) is 3.41. The second-order valence-corrected chi connectivity index (χ2v) is 4.40. The van der Waals surface area contributed by atoms with E-state index in [1.807, 2.05) is 0 Å². The molecule has 5 heteroatoms. The van der Waals surface area contributed by atoms with Crippen molar-refractivity contribution >= 4 is 11.7 Å². The largest absolute Gasteiger partial charge is 0.325 e. The number of likely N-dealkylation sites (tertiary alicyclic amines) is 1. The molecule has 0 radical (unpaired) electrons. The van der Waals surface area contributed by atoms with Gasteiger partial charge in [0, 0.05) is 6.20 Å². The van der Waals surface area contributed by atoms with Gasteiger partial charge in [0.2, 0.25) is 0 Å². The summed E-state index contributed by atoms with van der Waals surface area (Å²) in [4.78, 5) is 29.6. The SMILES string of the molecule is O=C1CN(C(=O)c2ccccn2)C2CCNC12. The predicted molar refractivity (Wildman–Crippen MR) is 60.5 cm³/mol. The molecule has 17 heavy (non-hydrogen) atoms. The van der Waals surface area contributed by atoms with Crippen LogP contribution in [0.1, 0.15) is 16.9 Å². The Balaban J connectivity index is 1.86. The summed E-state index contributed by atoms with van der Waals surface area (Å²) in [5.74, 6) is -0.0352. The first-order valence-corrected chi connectivity index (χ1v) is 5.75. The summed E-state index contributed by atoms with van der Waals surface area (Å²) >= 11 is 0. The van der Waals surface area contributed by atoms with Gasteiger partial charge in [0.15, 0.2) is 5.78 Å². The van der Waals surface area contributed by atoms with Gasteiger partial charge in [-0.1, -0.05) is 6.07 Å². The van der Waals surface area contributed by atoms with Crippen molar-refractivity contribution in [1.82, 2.24) is 15.2 Å². The zero-order valence-electron chi connectivity index (χ0n) is 9.30. The van der Waals surface area contributed by atoms with Crippen LogP contribution in [-0.2, 0) is 4.79 Å². The van der Waals surface area contributed by atoms with Crippen LogP contribution >= 0.6 is 0 Å². The fraction of sp³-hybridized carbons (Fsp3) is 0.417. The summed E-state index contributed by atoms with van der Waals surface area (Å²) in [6.07, 6.45) is 2.44. The number of nitrogens with zero attached hydrogens (tertiary/aromatic N) is 2. The van der Waals surface area contributed by atoms with Gasteiger partial charge in [0.25, 0.3) is 5.91 Å². The molecule has 2 aliphatic rings. The van der Waals surface area contributed by atoms with E-state index in [9.17, 15) is 9.59 Å². The molecule has 2 atom stereocenters. The van der Waals surface area contributed by atoms with E-state index >= 15 is 0 Å². The van der Waals surface area contributed by atoms with Crippen LogP contribution in [0.4, 0.5) is 0 Å². The molecule has 1 N–H and O–H groups in total. The van der Waals surface area contributed by atoms with Gasteiger partial charge in [-0.2, -0.15) is 0 Å². The van der Waals surface area contributed by atoms with Crippen molar-refractivity contribution in [2.45, 2.75) is 18.5 Å². The number of carbonyl (C=O) groups is 2. The van der Waals surface area contributed by atoms with Crippen molar-refractivity contribution in [2.24, 2.45) is 0 Å². The molecule has 1 aromatic rings. The first-order valence-electron chi connectivity index (χ1n) is 5.75. The molecule has 3 heterocycles. The van der Waals surface area contributed by atoms with E-state index in [1.165, 1.54) is 0 Å². The minimum atomic E-state index is -0.164. The van der Waals surface area contributed by atoms with Crippen molar-refractivity contribution in [3.05, 3.63) is 30.1 Å². The Labute approximate surface area is 98.8 Å². The van der Waals surface area contributed by atoms with Gasteiger partial charge in [-0.05, 0) is 25.1 Å². The molecule has 1 amide bonds. The Hall–Kier alpha value is -1.75. The Morgan fingerprint density at radius 3 is 3.12 bits per heavy atom. The third-order valence-corrected chi connectivity index (χ3v) is 3.41. The average molecular weight is 231 g/mol. The van der Waals surface area contributed by atoms with E-state index in [-0.39, 0.29) is 30.3 Å². The van der Waals surface area contributed by atoms with Crippen molar-refractivity contribution in [3.8, 4) is 0 Å². The van der Waals surface area contributed by atoms with Crippen LogP contribution in [0.2, 0.25) is 0 Å². The molecule has 3 rings (SSSR count). The van der Waals surface area contributed by atoms with E-state index in [2.05, 4.69) is 10.3 Å². The number of amides is 1. The van der Waals surface area contributed by atoms with Crippen LogP contribution < -0.4 is 5.32 Å². The highest BCUT2D eigenvalue weighted by Gasteiger charge is 2.45. The van der Waals surface area contributed by atoms with Crippen molar-refractivity contribution in [1.29, 1.82) is 0 Å². The molecule has 0 aliphatic carbocycles. The van der Waals surface area contributed by atoms with Crippen molar-refractivity contribution in [3.63, 3.8) is 0 Å². The van der Waals surface area contributed by atoms with E-state index < -0.39 is 0 Å². The third kappa shape index (κ3) is 1.63. The molecule has 2 aliphatic heterocycles. The van der Waals surface area contributed by atoms with Gasteiger partial charge in [0.05, 0.1) is 18.6 Å². The first-order chi connectivity index (χ1) is 8.27. The fourth-order valence-electron chi connectivity index (χ4n) is 2.60. The minimum absolute atomic E-state index is 0.0111. The summed E-state index contributed by atoms with van der Waals surface area (Å²) in [6.45, 7) is 1.00. The number of Topliss-reactive ketones (excluding diaryl/α,β-unsaturated/α-hetero) is 1. The predicted octanol–water partition coefficient (Wildman–Crippen LogP) is -0.163. The smallest absolute Gasteiger partial charge is 0.273 e. The molecular weight excluding hydrogens is 218 g/mol. The maximum absolute atomic E-state index is 12.2. The highest BCUT2D eigenvalue weighted by atomic mass is 16.2. The summed E-state index contributed by atoms with van der Waals surface area (Å²) in [5, 5.41) is 3.14. The summed E-state index contributed by atoms with van der Waals surface area (Å²) in [7, 11) is 0. The second kappa shape index (κ2) is 3.92. The van der Waals surface area contributed by atoms with Crippen LogP contribution in [0.5, 0.6) is 0 Å². The number of fused-ring (bicyclic) bond motifs is 1. The normalized spacial score (nSPS) is 27.3. The van der Waals surface area contributed by atoms with E-state index in [0.717, 1.165) is 13.0 Å². The van der Waals surface area contributed by atoms with Crippen molar-refractivity contribution < 1.29 is 9.59 Å². The number of hydrogen-bond acceptors (Lipinski definition) is 4. The Kier molecular flexibility index (Phi) is 2.40. The zero-order chi connectivity index (χ0) is 11.8. The number of nitrogens with one attached hydrogen (secondary N) is 1. The lowest BCUT2D eigenvalue weighted by Crippen LogP contribution is -2.39. The Morgan fingerprint density at radius 2 is 2.35 bits per heavy atom. The van der Waals surface area contributed by atoms with Gasteiger partial charge in [-0.15, -0.1) is 0 Å². The molecule has 0 spiro atoms. The van der Waals surface area contributed by atoms with Crippen LogP contribution in [0.3, 0.4) is 0 Å². The molecule has 2 unspecified atom stereocenters. The van der Waals surface area contributed by atoms with Gasteiger partial charge in [0.1, 0.15) is 5.69 Å². The molecule has 5 nitrogen and oxygen atoms in total. The molecule has 1 aromatic heterocycles. The van der Waals surface area contributed by atoms with Gasteiger partial charge < -0.3 is 10.2 Å². The molecule has 88 valence electrons. The van der Waals surface area contributed by atoms with E-state index in [0.29, 0.717) is 5.69 Å². The fourth-order valence-corrected chi connectivity index (χ4v) is 2.60. The standard InChI is InChI=1S/C12H13N3O2/c16-10-7-15(9-4-6-14-11(9)10)12(17)8-3-1-2-5-13-8/h1-3,5,9,11,14H,4,6-7H2. The summed E-state index contributed by atoms with van der Waals surface area (Å²) in [6, 6.07) is 5.08. The molecule has 0 aromatic carbocycles. The Morgan fingerprint density at radius 1 is 1.47 bits per heavy atom. The van der Waals surface area contributed by atoms with Crippen LogP contribution in [0.25, 0.3) is 0 Å². The zero-order valence-corrected chi connectivity index (χ0v) is 9.30. The molecular formula is C12H13N3O2. The molecule has 2 fully saturated rings. The molecule has 2 saturated heterocycles. The maximum atomic E-state index is 12.2. The number of pyridine rings is 1. The second-order valence-electron chi connectivity index (χ2n) is 4.40. The number of ketones is 1. The lowest BCUT2D eigenvalue weighted by Gasteiger charge is -2.21. The number of rotatable bonds is 1. The monoisotopic (exact) mass is 231 g/mol. The number of aromatic nitrogens is 1. The van der Waals surface area contributed by atoms with Gasteiger partial charge >= 0.3 is 0 Å².